The minimum absolute atomic E-state index is 0.107. The lowest BCUT2D eigenvalue weighted by atomic mass is 9.86. The fraction of sp³-hybridized carbons (Fsp3) is 0.278. The number of imidazole rings is 1. The lowest BCUT2D eigenvalue weighted by Gasteiger charge is -2.23. The highest BCUT2D eigenvalue weighted by molar-refractivity contribution is 6.30. The van der Waals surface area contributed by atoms with Gasteiger partial charge in [-0.05, 0) is 29.2 Å². The second-order valence-electron chi connectivity index (χ2n) is 6.49. The van der Waals surface area contributed by atoms with Crippen molar-refractivity contribution in [1.82, 2.24) is 9.38 Å². The van der Waals surface area contributed by atoms with E-state index in [9.17, 15) is 0 Å². The van der Waals surface area contributed by atoms with E-state index >= 15 is 0 Å². The van der Waals surface area contributed by atoms with Gasteiger partial charge in [0.25, 0.3) is 0 Å². The first-order valence-electron chi connectivity index (χ1n) is 7.40. The number of hydrogen-bond acceptors (Lipinski definition) is 2. The smallest absolute Gasteiger partial charge is 0.137 e. The highest BCUT2D eigenvalue weighted by Crippen LogP contribution is 2.29. The Balaban J connectivity index is 1.82. The first-order valence-corrected chi connectivity index (χ1v) is 7.78. The molecule has 0 fully saturated rings. The zero-order valence-electron chi connectivity index (χ0n) is 13.1. The van der Waals surface area contributed by atoms with Gasteiger partial charge in [-0.25, -0.2) is 4.98 Å². The summed E-state index contributed by atoms with van der Waals surface area (Å²) < 4.78 is 1.95. The van der Waals surface area contributed by atoms with E-state index in [1.807, 2.05) is 28.9 Å². The lowest BCUT2D eigenvalue weighted by molar-refractivity contribution is 0.591. The Kier molecular flexibility index (Phi) is 3.83. The van der Waals surface area contributed by atoms with Crippen LogP contribution in [-0.4, -0.2) is 9.38 Å². The molecule has 0 saturated carbocycles. The van der Waals surface area contributed by atoms with Crippen LogP contribution in [0.3, 0.4) is 0 Å². The van der Waals surface area contributed by atoms with E-state index in [1.54, 1.807) is 0 Å². The van der Waals surface area contributed by atoms with Gasteiger partial charge in [0.2, 0.25) is 0 Å². The molecule has 3 rings (SSSR count). The average molecular weight is 314 g/mol. The van der Waals surface area contributed by atoms with Crippen LogP contribution in [0.15, 0.2) is 48.8 Å². The molecule has 2 heterocycles. The van der Waals surface area contributed by atoms with Crippen LogP contribution < -0.4 is 5.32 Å². The Morgan fingerprint density at radius 2 is 1.86 bits per heavy atom. The topological polar surface area (TPSA) is 29.3 Å². The molecule has 0 atom stereocenters. The van der Waals surface area contributed by atoms with Gasteiger partial charge in [0, 0.05) is 18.1 Å². The summed E-state index contributed by atoms with van der Waals surface area (Å²) >= 11 is 6.01. The number of nitrogens with zero attached hydrogens (tertiary/aromatic N) is 2. The molecular formula is C18H20ClN3. The molecule has 1 N–H and O–H groups in total. The number of rotatable bonds is 3. The van der Waals surface area contributed by atoms with E-state index in [2.05, 4.69) is 55.3 Å². The van der Waals surface area contributed by atoms with Crippen molar-refractivity contribution < 1.29 is 0 Å². The molecule has 3 aromatic rings. The van der Waals surface area contributed by atoms with Crippen molar-refractivity contribution in [2.75, 3.05) is 5.32 Å². The van der Waals surface area contributed by atoms with Crippen LogP contribution in [0.5, 0.6) is 0 Å². The van der Waals surface area contributed by atoms with Crippen molar-refractivity contribution in [3.8, 4) is 0 Å². The van der Waals surface area contributed by atoms with Gasteiger partial charge < -0.3 is 9.72 Å². The molecule has 3 nitrogen and oxygen atoms in total. The van der Waals surface area contributed by atoms with Crippen molar-refractivity contribution in [3.05, 3.63) is 65.1 Å². The summed E-state index contributed by atoms with van der Waals surface area (Å²) in [6.45, 7) is 7.35. The fourth-order valence-corrected chi connectivity index (χ4v) is 2.75. The number of halogens is 1. The fourth-order valence-electron chi connectivity index (χ4n) is 2.58. The summed E-state index contributed by atoms with van der Waals surface area (Å²) in [5.74, 6) is 0. The lowest BCUT2D eigenvalue weighted by Crippen LogP contribution is -2.14. The normalized spacial score (nSPS) is 11.8. The predicted octanol–water partition coefficient (Wildman–Crippen LogP) is 4.90. The van der Waals surface area contributed by atoms with Gasteiger partial charge in [0.05, 0.1) is 17.3 Å². The summed E-state index contributed by atoms with van der Waals surface area (Å²) in [5, 5.41) is 4.21. The Labute approximate surface area is 136 Å². The van der Waals surface area contributed by atoms with Crippen LogP contribution in [0.1, 0.15) is 32.0 Å². The first kappa shape index (κ1) is 14.9. The van der Waals surface area contributed by atoms with Crippen LogP contribution in [0.2, 0.25) is 5.02 Å². The molecule has 114 valence electrons. The molecule has 0 radical (unpaired) electrons. The quantitative estimate of drug-likeness (QED) is 0.745. The average Bonchev–Trinajstić information content (AvgIpc) is 2.86. The predicted molar refractivity (Wildman–Crippen MR) is 92.7 cm³/mol. The molecule has 0 unspecified atom stereocenters. The number of hydrogen-bond donors (Lipinski definition) is 1. The van der Waals surface area contributed by atoms with Crippen molar-refractivity contribution in [2.45, 2.75) is 32.7 Å². The first-order chi connectivity index (χ1) is 10.4. The van der Waals surface area contributed by atoms with Crippen molar-refractivity contribution in [2.24, 2.45) is 0 Å². The van der Waals surface area contributed by atoms with Gasteiger partial charge in [-0.15, -0.1) is 0 Å². The Morgan fingerprint density at radius 1 is 1.09 bits per heavy atom. The molecule has 22 heavy (non-hydrogen) atoms. The Bertz CT molecular complexity index is 799. The zero-order chi connectivity index (χ0) is 15.7. The number of para-hydroxylation sites is 1. The van der Waals surface area contributed by atoms with Crippen LogP contribution in [0, 0.1) is 0 Å². The maximum Gasteiger partial charge on any atom is 0.137 e. The molecule has 0 aliphatic rings. The van der Waals surface area contributed by atoms with Crippen LogP contribution in [-0.2, 0) is 12.0 Å². The summed E-state index contributed by atoms with van der Waals surface area (Å²) in [5.41, 5.74) is 4.47. The second-order valence-corrected chi connectivity index (χ2v) is 6.93. The van der Waals surface area contributed by atoms with Gasteiger partial charge in [0.1, 0.15) is 5.65 Å². The number of pyridine rings is 1. The van der Waals surface area contributed by atoms with Crippen molar-refractivity contribution >= 4 is 22.9 Å². The maximum atomic E-state index is 6.01. The van der Waals surface area contributed by atoms with E-state index in [0.29, 0.717) is 11.6 Å². The van der Waals surface area contributed by atoms with E-state index in [0.717, 1.165) is 17.0 Å². The number of fused-ring (bicyclic) bond motifs is 1. The Morgan fingerprint density at radius 3 is 2.64 bits per heavy atom. The van der Waals surface area contributed by atoms with Crippen molar-refractivity contribution in [1.29, 1.82) is 0 Å². The third kappa shape index (κ3) is 3.09. The zero-order valence-corrected chi connectivity index (χ0v) is 13.9. The van der Waals surface area contributed by atoms with Gasteiger partial charge in [-0.2, -0.15) is 0 Å². The molecule has 0 bridgehead atoms. The van der Waals surface area contributed by atoms with E-state index in [-0.39, 0.29) is 5.41 Å². The minimum Gasteiger partial charge on any atom is -0.379 e. The van der Waals surface area contributed by atoms with Crippen molar-refractivity contribution in [3.63, 3.8) is 0 Å². The molecule has 0 amide bonds. The number of benzene rings is 1. The highest BCUT2D eigenvalue weighted by atomic mass is 35.5. The summed E-state index contributed by atoms with van der Waals surface area (Å²) in [4.78, 5) is 4.60. The molecule has 0 saturated heterocycles. The highest BCUT2D eigenvalue weighted by Gasteiger charge is 2.17. The van der Waals surface area contributed by atoms with Gasteiger partial charge in [0.15, 0.2) is 0 Å². The Hall–Kier alpha value is -2.00. The van der Waals surface area contributed by atoms with Crippen LogP contribution in [0.4, 0.5) is 5.69 Å². The number of aromatic nitrogens is 2. The summed E-state index contributed by atoms with van der Waals surface area (Å²) in [7, 11) is 0. The van der Waals surface area contributed by atoms with Gasteiger partial charge in [-0.3, -0.25) is 0 Å². The molecule has 4 heteroatoms. The van der Waals surface area contributed by atoms with Crippen LogP contribution in [0.25, 0.3) is 5.65 Å². The van der Waals surface area contributed by atoms with E-state index < -0.39 is 0 Å². The SMILES string of the molecule is CC(C)(C)c1ccccc1NCc1cn2cc(Cl)ccc2n1. The molecular weight excluding hydrogens is 294 g/mol. The van der Waals surface area contributed by atoms with Gasteiger partial charge >= 0.3 is 0 Å². The molecule has 0 spiro atoms. The number of anilines is 1. The molecule has 1 aromatic carbocycles. The minimum atomic E-state index is 0.107. The van der Waals surface area contributed by atoms with E-state index in [4.69, 9.17) is 11.6 Å². The largest absolute Gasteiger partial charge is 0.379 e. The second kappa shape index (κ2) is 5.65. The summed E-state index contributed by atoms with van der Waals surface area (Å²) in [6, 6.07) is 12.2. The number of nitrogens with one attached hydrogen (secondary N) is 1. The monoisotopic (exact) mass is 313 g/mol. The molecule has 0 aliphatic carbocycles. The third-order valence-electron chi connectivity index (χ3n) is 3.66. The molecule has 0 aliphatic heterocycles. The summed E-state index contributed by atoms with van der Waals surface area (Å²) in [6.07, 6.45) is 3.88. The standard InChI is InChI=1S/C18H20ClN3/c1-18(2,3)15-6-4-5-7-16(15)20-10-14-12-22-11-13(19)8-9-17(22)21-14/h4-9,11-12,20H,10H2,1-3H3. The van der Waals surface area contributed by atoms with E-state index in [1.165, 1.54) is 5.56 Å². The van der Waals surface area contributed by atoms with Gasteiger partial charge in [-0.1, -0.05) is 50.6 Å². The molecule has 2 aromatic heterocycles. The third-order valence-corrected chi connectivity index (χ3v) is 3.88. The maximum absolute atomic E-state index is 6.01. The van der Waals surface area contributed by atoms with Crippen LogP contribution >= 0.6 is 11.6 Å².